The van der Waals surface area contributed by atoms with Gasteiger partial charge in [-0.25, -0.2) is 4.98 Å². The Bertz CT molecular complexity index is 693. The van der Waals surface area contributed by atoms with E-state index in [-0.39, 0.29) is 5.91 Å². The number of ether oxygens (including phenoxy) is 2. The summed E-state index contributed by atoms with van der Waals surface area (Å²) < 4.78 is 11.2. The normalized spacial score (nSPS) is 10.2. The number of nitrogens with one attached hydrogen (secondary N) is 1. The summed E-state index contributed by atoms with van der Waals surface area (Å²) in [7, 11) is 6.94. The molecule has 0 fully saturated rings. The lowest BCUT2D eigenvalue weighted by Gasteiger charge is -2.13. The van der Waals surface area contributed by atoms with Gasteiger partial charge >= 0.3 is 0 Å². The summed E-state index contributed by atoms with van der Waals surface area (Å²) >= 11 is 3.39. The van der Waals surface area contributed by atoms with E-state index < -0.39 is 0 Å². The number of amides is 1. The third-order valence-corrected chi connectivity index (χ3v) is 4.21. The predicted octanol–water partition coefficient (Wildman–Crippen LogP) is 2.86. The van der Waals surface area contributed by atoms with Gasteiger partial charge in [0.05, 0.1) is 14.2 Å². The van der Waals surface area contributed by atoms with E-state index in [1.54, 1.807) is 32.5 Å². The first-order valence-electron chi connectivity index (χ1n) is 7.28. The first-order valence-corrected chi connectivity index (χ1v) is 8.07. The number of benzene rings is 1. The van der Waals surface area contributed by atoms with Gasteiger partial charge in [-0.15, -0.1) is 0 Å². The number of pyridine rings is 1. The Labute approximate surface area is 149 Å². The minimum atomic E-state index is -0.212. The van der Waals surface area contributed by atoms with Crippen LogP contribution in [0, 0.1) is 0 Å². The Hall–Kier alpha value is -2.28. The highest BCUT2D eigenvalue weighted by molar-refractivity contribution is 9.10. The van der Waals surface area contributed by atoms with Gasteiger partial charge in [0.25, 0.3) is 5.91 Å². The maximum Gasteiger partial charge on any atom is 0.251 e. The lowest BCUT2D eigenvalue weighted by Crippen LogP contribution is -2.23. The van der Waals surface area contributed by atoms with Gasteiger partial charge in [-0.1, -0.05) is 6.07 Å². The number of nitrogens with zero attached hydrogens (tertiary/aromatic N) is 2. The van der Waals surface area contributed by atoms with Crippen molar-refractivity contribution in [3.05, 3.63) is 46.1 Å². The molecule has 7 heteroatoms. The molecule has 0 aliphatic rings. The molecule has 1 aromatic carbocycles. The molecule has 1 N–H and O–H groups in total. The minimum absolute atomic E-state index is 0.212. The molecule has 0 saturated carbocycles. The summed E-state index contributed by atoms with van der Waals surface area (Å²) in [5.74, 6) is 1.73. The molecule has 0 unspecified atom stereocenters. The van der Waals surface area contributed by atoms with E-state index in [0.717, 1.165) is 11.4 Å². The second-order valence-electron chi connectivity index (χ2n) is 5.30. The van der Waals surface area contributed by atoms with Crippen LogP contribution in [0.5, 0.6) is 11.5 Å². The summed E-state index contributed by atoms with van der Waals surface area (Å²) in [6.07, 6.45) is 1.75. The van der Waals surface area contributed by atoms with Crippen LogP contribution in [0.25, 0.3) is 0 Å². The third kappa shape index (κ3) is 4.17. The van der Waals surface area contributed by atoms with E-state index in [2.05, 4.69) is 26.2 Å². The van der Waals surface area contributed by atoms with E-state index in [1.807, 2.05) is 31.1 Å². The zero-order valence-electron chi connectivity index (χ0n) is 14.1. The lowest BCUT2D eigenvalue weighted by atomic mass is 10.1. The largest absolute Gasteiger partial charge is 0.495 e. The van der Waals surface area contributed by atoms with Crippen molar-refractivity contribution in [2.45, 2.75) is 6.54 Å². The number of rotatable bonds is 6. The van der Waals surface area contributed by atoms with Crippen LogP contribution >= 0.6 is 15.9 Å². The van der Waals surface area contributed by atoms with Crippen LogP contribution in [-0.4, -0.2) is 39.2 Å². The Morgan fingerprint density at radius 1 is 1.21 bits per heavy atom. The minimum Gasteiger partial charge on any atom is -0.495 e. The van der Waals surface area contributed by atoms with E-state index in [1.165, 1.54) is 0 Å². The number of aromatic nitrogens is 1. The van der Waals surface area contributed by atoms with Gasteiger partial charge in [0.2, 0.25) is 0 Å². The van der Waals surface area contributed by atoms with Crippen LogP contribution in [0.1, 0.15) is 15.9 Å². The third-order valence-electron chi connectivity index (χ3n) is 3.43. The fourth-order valence-corrected chi connectivity index (χ4v) is 2.62. The fraction of sp³-hybridized carbons (Fsp3) is 0.294. The average Bonchev–Trinajstić information content (AvgIpc) is 2.60. The zero-order valence-corrected chi connectivity index (χ0v) is 15.7. The highest BCUT2D eigenvalue weighted by Crippen LogP contribution is 2.35. The van der Waals surface area contributed by atoms with Crippen LogP contribution in [0.4, 0.5) is 5.82 Å². The van der Waals surface area contributed by atoms with Crippen molar-refractivity contribution in [1.82, 2.24) is 10.3 Å². The summed E-state index contributed by atoms with van der Waals surface area (Å²) in [5, 5.41) is 2.87. The summed E-state index contributed by atoms with van der Waals surface area (Å²) in [6, 6.07) is 7.17. The van der Waals surface area contributed by atoms with Gasteiger partial charge in [-0.05, 0) is 39.7 Å². The van der Waals surface area contributed by atoms with Gasteiger partial charge in [-0.2, -0.15) is 0 Å². The van der Waals surface area contributed by atoms with Crippen molar-refractivity contribution in [3.63, 3.8) is 0 Å². The average molecular weight is 394 g/mol. The van der Waals surface area contributed by atoms with E-state index in [4.69, 9.17) is 9.47 Å². The topological polar surface area (TPSA) is 63.7 Å². The summed E-state index contributed by atoms with van der Waals surface area (Å²) in [4.78, 5) is 18.6. The number of halogens is 1. The molecule has 2 aromatic rings. The Morgan fingerprint density at radius 2 is 1.83 bits per heavy atom. The molecule has 24 heavy (non-hydrogen) atoms. The Balaban J connectivity index is 2.09. The highest BCUT2D eigenvalue weighted by atomic mass is 79.9. The molecule has 0 aliphatic carbocycles. The molecule has 0 spiro atoms. The molecule has 1 amide bonds. The number of hydrogen-bond donors (Lipinski definition) is 1. The smallest absolute Gasteiger partial charge is 0.251 e. The van der Waals surface area contributed by atoms with Crippen molar-refractivity contribution >= 4 is 27.7 Å². The molecule has 128 valence electrons. The number of anilines is 1. The van der Waals surface area contributed by atoms with E-state index >= 15 is 0 Å². The first kappa shape index (κ1) is 18.1. The highest BCUT2D eigenvalue weighted by Gasteiger charge is 2.14. The number of methoxy groups -OCH3 is 2. The Morgan fingerprint density at radius 3 is 2.29 bits per heavy atom. The van der Waals surface area contributed by atoms with Crippen molar-refractivity contribution in [2.24, 2.45) is 0 Å². The number of hydrogen-bond acceptors (Lipinski definition) is 5. The second kappa shape index (κ2) is 8.01. The van der Waals surface area contributed by atoms with Gasteiger partial charge in [0.1, 0.15) is 21.8 Å². The molecule has 0 radical (unpaired) electrons. The monoisotopic (exact) mass is 393 g/mol. The quantitative estimate of drug-likeness (QED) is 0.817. The maximum absolute atomic E-state index is 12.4. The SMILES string of the molecule is COc1cc(C(=O)NCc2ccc(N(C)C)nc2)cc(OC)c1Br. The van der Waals surface area contributed by atoms with Crippen LogP contribution in [0.15, 0.2) is 34.9 Å². The van der Waals surface area contributed by atoms with Gasteiger partial charge in [0, 0.05) is 32.4 Å². The zero-order chi connectivity index (χ0) is 17.7. The van der Waals surface area contributed by atoms with Crippen LogP contribution in [0.2, 0.25) is 0 Å². The summed E-state index contributed by atoms with van der Waals surface area (Å²) in [5.41, 5.74) is 1.38. The molecule has 0 saturated heterocycles. The van der Waals surface area contributed by atoms with Gasteiger partial charge in [-0.3, -0.25) is 4.79 Å². The molecule has 0 aliphatic heterocycles. The van der Waals surface area contributed by atoms with Crippen molar-refractivity contribution in [2.75, 3.05) is 33.2 Å². The molecule has 1 heterocycles. The molecular weight excluding hydrogens is 374 g/mol. The van der Waals surface area contributed by atoms with Crippen LogP contribution in [0.3, 0.4) is 0 Å². The molecule has 6 nitrogen and oxygen atoms in total. The molecule has 0 bridgehead atoms. The first-order chi connectivity index (χ1) is 11.5. The van der Waals surface area contributed by atoms with Crippen molar-refractivity contribution in [1.29, 1.82) is 0 Å². The van der Waals surface area contributed by atoms with E-state index in [0.29, 0.717) is 28.1 Å². The maximum atomic E-state index is 12.4. The predicted molar refractivity (Wildman–Crippen MR) is 97.0 cm³/mol. The lowest BCUT2D eigenvalue weighted by molar-refractivity contribution is 0.0950. The van der Waals surface area contributed by atoms with E-state index in [9.17, 15) is 4.79 Å². The molecule has 2 rings (SSSR count). The number of carbonyl (C=O) groups excluding carboxylic acids is 1. The van der Waals surface area contributed by atoms with Gasteiger partial charge in [0.15, 0.2) is 0 Å². The van der Waals surface area contributed by atoms with Crippen molar-refractivity contribution in [3.8, 4) is 11.5 Å². The summed E-state index contributed by atoms with van der Waals surface area (Å²) in [6.45, 7) is 0.389. The van der Waals surface area contributed by atoms with Gasteiger partial charge < -0.3 is 19.7 Å². The molecular formula is C17H20BrN3O3. The molecule has 1 aromatic heterocycles. The van der Waals surface area contributed by atoms with Crippen molar-refractivity contribution < 1.29 is 14.3 Å². The standard InChI is InChI=1S/C17H20BrN3O3/c1-21(2)15-6-5-11(9-19-15)10-20-17(22)12-7-13(23-3)16(18)14(8-12)24-4/h5-9H,10H2,1-4H3,(H,20,22). The fourth-order valence-electron chi connectivity index (χ4n) is 2.07. The Kier molecular flexibility index (Phi) is 6.03. The number of carbonyl (C=O) groups is 1. The van der Waals surface area contributed by atoms with Crippen LogP contribution < -0.4 is 19.7 Å². The van der Waals surface area contributed by atoms with Crippen LogP contribution in [-0.2, 0) is 6.54 Å². The second-order valence-corrected chi connectivity index (χ2v) is 6.09. The molecule has 0 atom stereocenters.